The van der Waals surface area contributed by atoms with Gasteiger partial charge in [-0.15, -0.1) is 0 Å². The van der Waals surface area contributed by atoms with Gasteiger partial charge in [-0.2, -0.15) is 5.26 Å². The molecule has 1 fully saturated rings. The van der Waals surface area contributed by atoms with Crippen molar-refractivity contribution < 1.29 is 4.74 Å². The first-order valence-corrected chi connectivity index (χ1v) is 4.93. The van der Waals surface area contributed by atoms with Crippen LogP contribution in [0.2, 0.25) is 0 Å². The summed E-state index contributed by atoms with van der Waals surface area (Å²) in [6.07, 6.45) is 3.21. The Labute approximate surface area is 80.3 Å². The Bertz CT molecular complexity index is 188. The van der Waals surface area contributed by atoms with E-state index in [1.54, 1.807) is 0 Å². The zero-order valence-corrected chi connectivity index (χ0v) is 8.49. The minimum atomic E-state index is 0.378. The van der Waals surface area contributed by atoms with Gasteiger partial charge in [0.05, 0.1) is 12.2 Å². The van der Waals surface area contributed by atoms with E-state index in [2.05, 4.69) is 24.9 Å². The van der Waals surface area contributed by atoms with E-state index in [-0.39, 0.29) is 0 Å². The number of nitrogens with zero attached hydrogens (tertiary/aromatic N) is 2. The van der Waals surface area contributed by atoms with E-state index in [1.165, 1.54) is 0 Å². The van der Waals surface area contributed by atoms with Crippen molar-refractivity contribution in [2.45, 2.75) is 38.3 Å². The molecule has 2 unspecified atom stereocenters. The molecule has 1 heterocycles. The Morgan fingerprint density at radius 3 is 3.00 bits per heavy atom. The summed E-state index contributed by atoms with van der Waals surface area (Å²) in [6.45, 7) is 3.86. The monoisotopic (exact) mass is 182 g/mol. The maximum Gasteiger partial charge on any atom is 0.0635 e. The van der Waals surface area contributed by atoms with Crippen molar-refractivity contribution in [1.29, 1.82) is 5.26 Å². The van der Waals surface area contributed by atoms with E-state index < -0.39 is 0 Å². The molecule has 0 aromatic carbocycles. The molecule has 13 heavy (non-hydrogen) atoms. The van der Waals surface area contributed by atoms with Crippen molar-refractivity contribution in [1.82, 2.24) is 4.90 Å². The molecule has 0 bridgehead atoms. The Morgan fingerprint density at radius 2 is 2.38 bits per heavy atom. The van der Waals surface area contributed by atoms with Gasteiger partial charge >= 0.3 is 0 Å². The van der Waals surface area contributed by atoms with Crippen LogP contribution >= 0.6 is 0 Å². The van der Waals surface area contributed by atoms with Gasteiger partial charge < -0.3 is 9.64 Å². The summed E-state index contributed by atoms with van der Waals surface area (Å²) in [5.41, 5.74) is 0. The van der Waals surface area contributed by atoms with Crippen LogP contribution in [0.15, 0.2) is 0 Å². The molecule has 0 N–H and O–H groups in total. The summed E-state index contributed by atoms with van der Waals surface area (Å²) in [4.78, 5) is 2.28. The number of hydrogen-bond donors (Lipinski definition) is 0. The van der Waals surface area contributed by atoms with Gasteiger partial charge in [0.1, 0.15) is 0 Å². The fourth-order valence-corrected chi connectivity index (χ4v) is 1.78. The predicted octanol–water partition coefficient (Wildman–Crippen LogP) is 1.40. The Morgan fingerprint density at radius 1 is 1.62 bits per heavy atom. The Hall–Kier alpha value is -0.590. The lowest BCUT2D eigenvalue weighted by atomic mass is 10.0. The van der Waals surface area contributed by atoms with E-state index in [4.69, 9.17) is 10.00 Å². The molecule has 3 heteroatoms. The van der Waals surface area contributed by atoms with Crippen molar-refractivity contribution >= 4 is 0 Å². The molecule has 0 saturated carbocycles. The average molecular weight is 182 g/mol. The Balaban J connectivity index is 2.29. The molecular formula is C10H18N2O. The second-order valence-electron chi connectivity index (χ2n) is 3.75. The van der Waals surface area contributed by atoms with Crippen LogP contribution in [0, 0.1) is 11.3 Å². The molecule has 74 valence electrons. The molecular weight excluding hydrogens is 164 g/mol. The van der Waals surface area contributed by atoms with E-state index in [0.717, 1.165) is 26.0 Å². The average Bonchev–Trinajstić information content (AvgIpc) is 2.14. The minimum Gasteiger partial charge on any atom is -0.378 e. The van der Waals surface area contributed by atoms with Gasteiger partial charge in [0.25, 0.3) is 0 Å². The van der Waals surface area contributed by atoms with Crippen LogP contribution in [0.3, 0.4) is 0 Å². The van der Waals surface area contributed by atoms with Crippen molar-refractivity contribution in [2.24, 2.45) is 0 Å². The molecule has 3 nitrogen and oxygen atoms in total. The van der Waals surface area contributed by atoms with Crippen molar-refractivity contribution in [2.75, 3.05) is 20.2 Å². The van der Waals surface area contributed by atoms with Crippen molar-refractivity contribution in [3.05, 3.63) is 0 Å². The van der Waals surface area contributed by atoms with Crippen LogP contribution in [-0.2, 0) is 4.74 Å². The largest absolute Gasteiger partial charge is 0.378 e. The lowest BCUT2D eigenvalue weighted by Gasteiger charge is -2.33. The normalized spacial score (nSPS) is 28.8. The standard InChI is InChI=1S/C10H18N2O/c1-9-8-10(4-7-13-9)12(2)6-3-5-11/h9-10H,3-4,6-8H2,1-2H3. The van der Waals surface area contributed by atoms with Crippen LogP contribution < -0.4 is 0 Å². The van der Waals surface area contributed by atoms with Crippen LogP contribution in [0.4, 0.5) is 0 Å². The van der Waals surface area contributed by atoms with Crippen molar-refractivity contribution in [3.63, 3.8) is 0 Å². The highest BCUT2D eigenvalue weighted by Gasteiger charge is 2.22. The predicted molar refractivity (Wildman–Crippen MR) is 51.3 cm³/mol. The van der Waals surface area contributed by atoms with Crippen LogP contribution in [0.1, 0.15) is 26.2 Å². The SMILES string of the molecule is CC1CC(N(C)CCC#N)CCO1. The molecule has 0 spiro atoms. The van der Waals surface area contributed by atoms with E-state index in [1.807, 2.05) is 0 Å². The quantitative estimate of drug-likeness (QED) is 0.662. The molecule has 1 saturated heterocycles. The summed E-state index contributed by atoms with van der Waals surface area (Å²) in [5, 5.41) is 8.46. The lowest BCUT2D eigenvalue weighted by molar-refractivity contribution is -0.0112. The van der Waals surface area contributed by atoms with Gasteiger partial charge in [0.15, 0.2) is 0 Å². The molecule has 1 aliphatic rings. The zero-order valence-electron chi connectivity index (χ0n) is 8.49. The van der Waals surface area contributed by atoms with Crippen LogP contribution in [0.25, 0.3) is 0 Å². The summed E-state index contributed by atoms with van der Waals surface area (Å²) in [5.74, 6) is 0. The molecule has 1 aliphatic heterocycles. The summed E-state index contributed by atoms with van der Waals surface area (Å²) in [6, 6.07) is 2.78. The number of rotatable bonds is 3. The molecule has 0 amide bonds. The number of ether oxygens (including phenoxy) is 1. The van der Waals surface area contributed by atoms with Gasteiger partial charge in [-0.3, -0.25) is 0 Å². The maximum atomic E-state index is 8.46. The molecule has 0 aromatic heterocycles. The first kappa shape index (κ1) is 10.5. The third-order valence-corrected chi connectivity index (χ3v) is 2.66. The third-order valence-electron chi connectivity index (χ3n) is 2.66. The molecule has 2 atom stereocenters. The smallest absolute Gasteiger partial charge is 0.0635 e. The molecule has 0 aromatic rings. The van der Waals surface area contributed by atoms with Crippen LogP contribution in [-0.4, -0.2) is 37.2 Å². The highest BCUT2D eigenvalue weighted by molar-refractivity contribution is 4.79. The topological polar surface area (TPSA) is 36.3 Å². The zero-order chi connectivity index (χ0) is 9.68. The molecule has 1 rings (SSSR count). The number of nitriles is 1. The molecule has 0 radical (unpaired) electrons. The second kappa shape index (κ2) is 5.21. The Kier molecular flexibility index (Phi) is 4.20. The lowest BCUT2D eigenvalue weighted by Crippen LogP contribution is -2.39. The fraction of sp³-hybridized carbons (Fsp3) is 0.900. The summed E-state index contributed by atoms with van der Waals surface area (Å²) < 4.78 is 5.47. The minimum absolute atomic E-state index is 0.378. The van der Waals surface area contributed by atoms with E-state index in [9.17, 15) is 0 Å². The van der Waals surface area contributed by atoms with Crippen molar-refractivity contribution in [3.8, 4) is 6.07 Å². The third kappa shape index (κ3) is 3.33. The summed E-state index contributed by atoms with van der Waals surface area (Å²) in [7, 11) is 2.10. The summed E-state index contributed by atoms with van der Waals surface area (Å²) >= 11 is 0. The van der Waals surface area contributed by atoms with Gasteiger partial charge in [-0.1, -0.05) is 0 Å². The number of hydrogen-bond acceptors (Lipinski definition) is 3. The first-order chi connectivity index (χ1) is 6.24. The first-order valence-electron chi connectivity index (χ1n) is 4.93. The van der Waals surface area contributed by atoms with Gasteiger partial charge in [-0.05, 0) is 26.8 Å². The van der Waals surface area contributed by atoms with Gasteiger partial charge in [0.2, 0.25) is 0 Å². The van der Waals surface area contributed by atoms with Gasteiger partial charge in [0, 0.05) is 25.6 Å². The van der Waals surface area contributed by atoms with E-state index >= 15 is 0 Å². The highest BCUT2D eigenvalue weighted by atomic mass is 16.5. The maximum absolute atomic E-state index is 8.46. The molecule has 0 aliphatic carbocycles. The second-order valence-corrected chi connectivity index (χ2v) is 3.75. The van der Waals surface area contributed by atoms with Crippen LogP contribution in [0.5, 0.6) is 0 Å². The highest BCUT2D eigenvalue weighted by Crippen LogP contribution is 2.17. The van der Waals surface area contributed by atoms with E-state index in [0.29, 0.717) is 18.6 Å². The fourth-order valence-electron chi connectivity index (χ4n) is 1.78. The van der Waals surface area contributed by atoms with Gasteiger partial charge in [-0.25, -0.2) is 0 Å².